The summed E-state index contributed by atoms with van der Waals surface area (Å²) in [6, 6.07) is 0. The van der Waals surface area contributed by atoms with E-state index in [2.05, 4.69) is 10.6 Å². The summed E-state index contributed by atoms with van der Waals surface area (Å²) >= 11 is 0. The van der Waals surface area contributed by atoms with Gasteiger partial charge in [0.1, 0.15) is 6.10 Å². The largest absolute Gasteiger partial charge is 0.372 e. The monoisotopic (exact) mass is 214 g/mol. The molecule has 4 nitrogen and oxygen atoms in total. The Balaban J connectivity index is 2.07. The lowest BCUT2D eigenvalue weighted by atomic mass is 9.96. The molecule has 0 saturated carbocycles. The Morgan fingerprint density at radius 3 is 3.07 bits per heavy atom. The van der Waals surface area contributed by atoms with Crippen LogP contribution in [0, 0.1) is 5.92 Å². The molecule has 1 amide bonds. The fraction of sp³-hybridized carbons (Fsp3) is 0.909. The number of ether oxygens (including phenoxy) is 1. The zero-order chi connectivity index (χ0) is 11.1. The quantitative estimate of drug-likeness (QED) is 0.702. The van der Waals surface area contributed by atoms with Gasteiger partial charge >= 0.3 is 0 Å². The van der Waals surface area contributed by atoms with Crippen molar-refractivity contribution in [1.82, 2.24) is 10.6 Å². The third-order valence-electron chi connectivity index (χ3n) is 2.97. The zero-order valence-electron chi connectivity index (χ0n) is 9.71. The van der Waals surface area contributed by atoms with Crippen LogP contribution < -0.4 is 10.6 Å². The van der Waals surface area contributed by atoms with Crippen LogP contribution in [0.1, 0.15) is 26.2 Å². The first-order valence-corrected chi connectivity index (χ1v) is 5.75. The second-order valence-corrected chi connectivity index (χ2v) is 4.17. The van der Waals surface area contributed by atoms with Gasteiger partial charge in [-0.3, -0.25) is 4.79 Å². The third kappa shape index (κ3) is 4.62. The molecule has 2 unspecified atom stereocenters. The minimum Gasteiger partial charge on any atom is -0.372 e. The molecule has 4 heteroatoms. The smallest absolute Gasteiger partial charge is 0.248 e. The molecule has 0 aromatic carbocycles. The fourth-order valence-corrected chi connectivity index (χ4v) is 1.82. The predicted molar refractivity (Wildman–Crippen MR) is 59.7 cm³/mol. The van der Waals surface area contributed by atoms with Crippen LogP contribution in [0.25, 0.3) is 0 Å². The number of carbonyl (C=O) groups is 1. The average Bonchev–Trinajstić information content (AvgIpc) is 2.29. The van der Waals surface area contributed by atoms with Crippen LogP contribution in [0.4, 0.5) is 0 Å². The second kappa shape index (κ2) is 6.80. The molecule has 1 aliphatic heterocycles. The van der Waals surface area contributed by atoms with Crippen molar-refractivity contribution in [2.24, 2.45) is 5.92 Å². The lowest BCUT2D eigenvalue weighted by molar-refractivity contribution is -0.130. The van der Waals surface area contributed by atoms with Crippen molar-refractivity contribution in [2.45, 2.75) is 32.3 Å². The Bertz CT molecular complexity index is 191. The van der Waals surface area contributed by atoms with Gasteiger partial charge in [0.05, 0.1) is 0 Å². The summed E-state index contributed by atoms with van der Waals surface area (Å²) in [5.41, 5.74) is 0. The number of hydrogen-bond donors (Lipinski definition) is 2. The maximum Gasteiger partial charge on any atom is 0.248 e. The summed E-state index contributed by atoms with van der Waals surface area (Å²) in [5.74, 6) is 0.707. The standard InChI is InChI=1S/C11H22N2O2/c1-9(15-2)11(14)13-7-5-10-4-3-6-12-8-10/h9-10,12H,3-8H2,1-2H3,(H,13,14). The molecule has 2 atom stereocenters. The maximum absolute atomic E-state index is 11.4. The first-order chi connectivity index (χ1) is 7.24. The number of hydrogen-bond acceptors (Lipinski definition) is 3. The molecule has 1 fully saturated rings. The molecule has 0 bridgehead atoms. The van der Waals surface area contributed by atoms with Crippen LogP contribution in [-0.4, -0.2) is 38.8 Å². The zero-order valence-corrected chi connectivity index (χ0v) is 9.71. The van der Waals surface area contributed by atoms with Crippen molar-refractivity contribution in [3.63, 3.8) is 0 Å². The highest BCUT2D eigenvalue weighted by atomic mass is 16.5. The van der Waals surface area contributed by atoms with Gasteiger partial charge in [-0.05, 0) is 45.2 Å². The Morgan fingerprint density at radius 1 is 1.67 bits per heavy atom. The Hall–Kier alpha value is -0.610. The van der Waals surface area contributed by atoms with Gasteiger partial charge in [0.25, 0.3) is 0 Å². The van der Waals surface area contributed by atoms with E-state index >= 15 is 0 Å². The van der Waals surface area contributed by atoms with Crippen molar-refractivity contribution >= 4 is 5.91 Å². The van der Waals surface area contributed by atoms with Crippen molar-refractivity contribution in [2.75, 3.05) is 26.7 Å². The van der Waals surface area contributed by atoms with Gasteiger partial charge in [-0.1, -0.05) is 0 Å². The lowest BCUT2D eigenvalue weighted by Crippen LogP contribution is -2.37. The van der Waals surface area contributed by atoms with Crippen LogP contribution in [0.5, 0.6) is 0 Å². The number of nitrogens with one attached hydrogen (secondary N) is 2. The normalized spacial score (nSPS) is 23.5. The van der Waals surface area contributed by atoms with E-state index in [1.54, 1.807) is 14.0 Å². The van der Waals surface area contributed by atoms with Crippen molar-refractivity contribution in [3.8, 4) is 0 Å². The minimum atomic E-state index is -0.338. The highest BCUT2D eigenvalue weighted by Crippen LogP contribution is 2.12. The second-order valence-electron chi connectivity index (χ2n) is 4.17. The van der Waals surface area contributed by atoms with E-state index in [4.69, 9.17) is 4.74 Å². The first-order valence-electron chi connectivity index (χ1n) is 5.75. The maximum atomic E-state index is 11.4. The van der Waals surface area contributed by atoms with E-state index in [0.717, 1.165) is 32.0 Å². The highest BCUT2D eigenvalue weighted by molar-refractivity contribution is 5.80. The summed E-state index contributed by atoms with van der Waals surface area (Å²) in [7, 11) is 1.55. The highest BCUT2D eigenvalue weighted by Gasteiger charge is 2.14. The Labute approximate surface area is 91.8 Å². The van der Waals surface area contributed by atoms with E-state index in [1.807, 2.05) is 0 Å². The molecule has 1 aliphatic rings. The van der Waals surface area contributed by atoms with Crippen LogP contribution in [0.2, 0.25) is 0 Å². The first kappa shape index (κ1) is 12.5. The molecule has 0 radical (unpaired) electrons. The summed E-state index contributed by atoms with van der Waals surface area (Å²) in [4.78, 5) is 11.4. The van der Waals surface area contributed by atoms with E-state index in [9.17, 15) is 4.79 Å². The third-order valence-corrected chi connectivity index (χ3v) is 2.97. The molecular weight excluding hydrogens is 192 g/mol. The van der Waals surface area contributed by atoms with E-state index in [0.29, 0.717) is 0 Å². The molecule has 2 N–H and O–H groups in total. The van der Waals surface area contributed by atoms with Gasteiger partial charge in [-0.2, -0.15) is 0 Å². The fourth-order valence-electron chi connectivity index (χ4n) is 1.82. The molecule has 88 valence electrons. The van der Waals surface area contributed by atoms with E-state index in [-0.39, 0.29) is 12.0 Å². The van der Waals surface area contributed by atoms with Gasteiger partial charge in [0.15, 0.2) is 0 Å². The topological polar surface area (TPSA) is 50.4 Å². The molecule has 1 saturated heterocycles. The number of rotatable bonds is 5. The molecule has 0 aromatic heterocycles. The van der Waals surface area contributed by atoms with Gasteiger partial charge in [-0.25, -0.2) is 0 Å². The van der Waals surface area contributed by atoms with Crippen molar-refractivity contribution < 1.29 is 9.53 Å². The van der Waals surface area contributed by atoms with E-state index in [1.165, 1.54) is 12.8 Å². The van der Waals surface area contributed by atoms with Crippen molar-refractivity contribution in [1.29, 1.82) is 0 Å². The molecular formula is C11H22N2O2. The van der Waals surface area contributed by atoms with Crippen LogP contribution in [0.15, 0.2) is 0 Å². The number of amides is 1. The molecule has 1 heterocycles. The van der Waals surface area contributed by atoms with Crippen LogP contribution >= 0.6 is 0 Å². The van der Waals surface area contributed by atoms with Gasteiger partial charge in [0.2, 0.25) is 5.91 Å². The predicted octanol–water partition coefficient (Wildman–Crippen LogP) is 0.527. The summed E-state index contributed by atoms with van der Waals surface area (Å²) in [6.45, 7) is 4.76. The van der Waals surface area contributed by atoms with E-state index < -0.39 is 0 Å². The summed E-state index contributed by atoms with van der Waals surface area (Å²) < 4.78 is 4.93. The Morgan fingerprint density at radius 2 is 2.47 bits per heavy atom. The SMILES string of the molecule is COC(C)C(=O)NCCC1CCCNC1. The molecule has 1 rings (SSSR count). The van der Waals surface area contributed by atoms with Gasteiger partial charge in [0, 0.05) is 13.7 Å². The van der Waals surface area contributed by atoms with Crippen molar-refractivity contribution in [3.05, 3.63) is 0 Å². The molecule has 15 heavy (non-hydrogen) atoms. The summed E-state index contributed by atoms with van der Waals surface area (Å²) in [6.07, 6.45) is 3.26. The van der Waals surface area contributed by atoms with Crippen LogP contribution in [0.3, 0.4) is 0 Å². The summed E-state index contributed by atoms with van der Waals surface area (Å²) in [5, 5.41) is 6.26. The van der Waals surface area contributed by atoms with Gasteiger partial charge in [-0.15, -0.1) is 0 Å². The lowest BCUT2D eigenvalue weighted by Gasteiger charge is -2.22. The molecule has 0 aromatic rings. The molecule has 0 spiro atoms. The Kier molecular flexibility index (Phi) is 5.65. The molecule has 0 aliphatic carbocycles. The average molecular weight is 214 g/mol. The number of methoxy groups -OCH3 is 1. The number of piperidine rings is 1. The van der Waals surface area contributed by atoms with Gasteiger partial charge < -0.3 is 15.4 Å². The van der Waals surface area contributed by atoms with Crippen LogP contribution in [-0.2, 0) is 9.53 Å². The number of carbonyl (C=O) groups excluding carboxylic acids is 1. The minimum absolute atomic E-state index is 0.0127.